The summed E-state index contributed by atoms with van der Waals surface area (Å²) in [6.07, 6.45) is 1.55. The first-order valence-electron chi connectivity index (χ1n) is 7.31. The van der Waals surface area contributed by atoms with Crippen molar-refractivity contribution in [1.82, 2.24) is 13.9 Å². The van der Waals surface area contributed by atoms with Crippen LogP contribution in [0.3, 0.4) is 0 Å². The van der Waals surface area contributed by atoms with Crippen molar-refractivity contribution in [2.75, 3.05) is 33.7 Å². The predicted molar refractivity (Wildman–Crippen MR) is 88.3 cm³/mol. The van der Waals surface area contributed by atoms with Gasteiger partial charge in [-0.1, -0.05) is 0 Å². The van der Waals surface area contributed by atoms with Crippen LogP contribution in [0.2, 0.25) is 0 Å². The number of nitrogens with one attached hydrogen (secondary N) is 1. The molecule has 1 aromatic rings. The summed E-state index contributed by atoms with van der Waals surface area (Å²) in [4.78, 5) is 12.7. The average molecular weight is 345 g/mol. The number of carbonyl (C=O) groups is 1. The Balaban J connectivity index is 1.80. The summed E-state index contributed by atoms with van der Waals surface area (Å²) in [5, 5.41) is 4.91. The lowest BCUT2D eigenvalue weighted by atomic mass is 9.98. The molecule has 0 atom stereocenters. The highest BCUT2D eigenvalue weighted by molar-refractivity contribution is 7.86. The first kappa shape index (κ1) is 17.4. The highest BCUT2D eigenvalue weighted by Gasteiger charge is 2.29. The lowest BCUT2D eigenvalue weighted by Gasteiger charge is -2.32. The fourth-order valence-corrected chi connectivity index (χ4v) is 4.40. The highest BCUT2D eigenvalue weighted by Crippen LogP contribution is 2.20. The van der Waals surface area contributed by atoms with E-state index in [1.54, 1.807) is 14.1 Å². The van der Waals surface area contributed by atoms with Crippen molar-refractivity contribution in [3.05, 3.63) is 21.9 Å². The van der Waals surface area contributed by atoms with Gasteiger partial charge in [0.2, 0.25) is 0 Å². The van der Waals surface area contributed by atoms with Crippen molar-refractivity contribution in [3.8, 4) is 0 Å². The lowest BCUT2D eigenvalue weighted by molar-refractivity contribution is 0.0945. The molecule has 0 bridgehead atoms. The molecule has 6 nitrogen and oxygen atoms in total. The summed E-state index contributed by atoms with van der Waals surface area (Å²) in [5.41, 5.74) is 1.09. The van der Waals surface area contributed by atoms with Gasteiger partial charge in [0, 0.05) is 33.7 Å². The number of carbonyl (C=O) groups excluding carboxylic acids is 1. The first-order valence-corrected chi connectivity index (χ1v) is 9.59. The molecule has 1 aromatic heterocycles. The molecule has 1 saturated heterocycles. The van der Waals surface area contributed by atoms with Gasteiger partial charge in [0.15, 0.2) is 0 Å². The number of thiophene rings is 1. The Hall–Kier alpha value is -0.960. The number of hydrogen-bond donors (Lipinski definition) is 1. The molecule has 22 heavy (non-hydrogen) atoms. The normalized spacial score (nSPS) is 17.8. The maximum Gasteiger partial charge on any atom is 0.281 e. The first-order chi connectivity index (χ1) is 10.3. The van der Waals surface area contributed by atoms with Crippen LogP contribution in [0.15, 0.2) is 11.4 Å². The van der Waals surface area contributed by atoms with E-state index in [9.17, 15) is 13.2 Å². The lowest BCUT2D eigenvalue weighted by Crippen LogP contribution is -2.45. The molecular formula is C14H23N3O3S2. The van der Waals surface area contributed by atoms with Crippen LogP contribution in [0.1, 0.15) is 28.1 Å². The Labute approximate surface area is 136 Å². The molecule has 1 N–H and O–H groups in total. The zero-order valence-electron chi connectivity index (χ0n) is 13.2. The minimum Gasteiger partial charge on any atom is -0.351 e. The summed E-state index contributed by atoms with van der Waals surface area (Å²) in [6, 6.07) is 1.88. The van der Waals surface area contributed by atoms with Crippen molar-refractivity contribution >= 4 is 27.5 Å². The smallest absolute Gasteiger partial charge is 0.281 e. The Morgan fingerprint density at radius 2 is 2.05 bits per heavy atom. The van der Waals surface area contributed by atoms with Crippen molar-refractivity contribution < 1.29 is 13.2 Å². The quantitative estimate of drug-likeness (QED) is 0.875. The Kier molecular flexibility index (Phi) is 5.60. The number of amides is 1. The minimum absolute atomic E-state index is 0.0403. The maximum absolute atomic E-state index is 12.0. The van der Waals surface area contributed by atoms with Crippen LogP contribution in [0.4, 0.5) is 0 Å². The molecule has 0 unspecified atom stereocenters. The largest absolute Gasteiger partial charge is 0.351 e. The van der Waals surface area contributed by atoms with Gasteiger partial charge < -0.3 is 5.32 Å². The van der Waals surface area contributed by atoms with Crippen LogP contribution in [-0.2, 0) is 10.2 Å². The second-order valence-electron chi connectivity index (χ2n) is 5.83. The Bertz CT molecular complexity index is 617. The second kappa shape index (κ2) is 7.08. The van der Waals surface area contributed by atoms with Crippen LogP contribution in [0, 0.1) is 12.8 Å². The van der Waals surface area contributed by atoms with E-state index in [-0.39, 0.29) is 5.91 Å². The van der Waals surface area contributed by atoms with Crippen molar-refractivity contribution in [2.24, 2.45) is 5.92 Å². The molecule has 1 aliphatic rings. The van der Waals surface area contributed by atoms with Crippen LogP contribution in [-0.4, -0.2) is 56.7 Å². The predicted octanol–water partition coefficient (Wildman–Crippen LogP) is 1.30. The van der Waals surface area contributed by atoms with Crippen molar-refractivity contribution in [2.45, 2.75) is 19.8 Å². The molecule has 8 heteroatoms. The fraction of sp³-hybridized carbons (Fsp3) is 0.643. The molecule has 2 rings (SSSR count). The van der Waals surface area contributed by atoms with Gasteiger partial charge in [0.25, 0.3) is 16.1 Å². The summed E-state index contributed by atoms with van der Waals surface area (Å²) >= 11 is 1.45. The van der Waals surface area contributed by atoms with Gasteiger partial charge in [-0.2, -0.15) is 17.0 Å². The zero-order chi connectivity index (χ0) is 16.3. The number of aryl methyl sites for hydroxylation is 1. The summed E-state index contributed by atoms with van der Waals surface area (Å²) < 4.78 is 26.8. The van der Waals surface area contributed by atoms with E-state index < -0.39 is 10.2 Å². The standard InChI is InChI=1S/C14H23N3O3S2/c1-11-8-13(21-10-11)14(18)15-9-12-4-6-17(7-5-12)22(19,20)16(2)3/h8,10,12H,4-7,9H2,1-3H3,(H,15,18). The number of nitrogens with zero attached hydrogens (tertiary/aromatic N) is 2. The molecule has 0 radical (unpaired) electrons. The molecule has 0 saturated carbocycles. The van der Waals surface area contributed by atoms with Gasteiger partial charge in [-0.05, 0) is 42.7 Å². The topological polar surface area (TPSA) is 69.7 Å². The van der Waals surface area contributed by atoms with E-state index in [0.717, 1.165) is 23.3 Å². The number of hydrogen-bond acceptors (Lipinski definition) is 4. The molecule has 1 amide bonds. The number of rotatable bonds is 5. The third kappa shape index (κ3) is 4.07. The van der Waals surface area contributed by atoms with E-state index >= 15 is 0 Å². The highest BCUT2D eigenvalue weighted by atomic mass is 32.2. The van der Waals surface area contributed by atoms with Gasteiger partial charge >= 0.3 is 0 Å². The molecule has 0 aliphatic carbocycles. The van der Waals surface area contributed by atoms with E-state index in [4.69, 9.17) is 0 Å². The molecule has 0 aromatic carbocycles. The number of piperidine rings is 1. The van der Waals surface area contributed by atoms with Crippen LogP contribution in [0.5, 0.6) is 0 Å². The third-order valence-electron chi connectivity index (χ3n) is 3.87. The summed E-state index contributed by atoms with van der Waals surface area (Å²) in [5.74, 6) is 0.292. The van der Waals surface area contributed by atoms with Gasteiger partial charge in [0.1, 0.15) is 0 Å². The molecule has 2 heterocycles. The van der Waals surface area contributed by atoms with Gasteiger partial charge in [0.05, 0.1) is 4.88 Å². The van der Waals surface area contributed by atoms with Crippen LogP contribution in [0.25, 0.3) is 0 Å². The van der Waals surface area contributed by atoms with Crippen molar-refractivity contribution in [3.63, 3.8) is 0 Å². The average Bonchev–Trinajstić information content (AvgIpc) is 2.91. The van der Waals surface area contributed by atoms with E-state index in [1.807, 2.05) is 18.4 Å². The van der Waals surface area contributed by atoms with E-state index in [2.05, 4.69) is 5.32 Å². The van der Waals surface area contributed by atoms with Crippen LogP contribution >= 0.6 is 11.3 Å². The molecule has 124 valence electrons. The van der Waals surface area contributed by atoms with Gasteiger partial charge in [-0.3, -0.25) is 4.79 Å². The zero-order valence-corrected chi connectivity index (χ0v) is 14.8. The van der Waals surface area contributed by atoms with E-state index in [1.165, 1.54) is 19.9 Å². The van der Waals surface area contributed by atoms with Gasteiger partial charge in [-0.25, -0.2) is 0 Å². The molecule has 1 fully saturated rings. The Morgan fingerprint density at radius 3 is 2.55 bits per heavy atom. The molecular weight excluding hydrogens is 322 g/mol. The second-order valence-corrected chi connectivity index (χ2v) is 8.88. The SMILES string of the molecule is Cc1csc(C(=O)NCC2CCN(S(=O)(=O)N(C)C)CC2)c1. The summed E-state index contributed by atoms with van der Waals surface area (Å²) in [7, 11) is -0.221. The summed E-state index contributed by atoms with van der Waals surface area (Å²) in [6.45, 7) is 3.60. The fourth-order valence-electron chi connectivity index (χ4n) is 2.45. The van der Waals surface area contributed by atoms with Crippen molar-refractivity contribution in [1.29, 1.82) is 0 Å². The van der Waals surface area contributed by atoms with E-state index in [0.29, 0.717) is 25.6 Å². The molecule has 0 spiro atoms. The van der Waals surface area contributed by atoms with Crippen LogP contribution < -0.4 is 5.32 Å². The maximum atomic E-state index is 12.0. The Morgan fingerprint density at radius 1 is 1.41 bits per heavy atom. The monoisotopic (exact) mass is 345 g/mol. The third-order valence-corrected chi connectivity index (χ3v) is 6.85. The van der Waals surface area contributed by atoms with Gasteiger partial charge in [-0.15, -0.1) is 11.3 Å². The molecule has 1 aliphatic heterocycles. The minimum atomic E-state index is -3.31.